The molecule has 0 aliphatic heterocycles. The van der Waals surface area contributed by atoms with Crippen molar-refractivity contribution in [3.63, 3.8) is 0 Å². The van der Waals surface area contributed by atoms with Crippen molar-refractivity contribution in [3.05, 3.63) is 48.2 Å². The zero-order chi connectivity index (χ0) is 12.2. The Bertz CT molecular complexity index is 629. The average Bonchev–Trinajstić information content (AvgIpc) is 2.89. The maximum atomic E-state index is 4.44. The fraction of sp³-hybridized carbons (Fsp3) is 0. The summed E-state index contributed by atoms with van der Waals surface area (Å²) in [6.07, 6.45) is 5.12. The van der Waals surface area contributed by atoms with Gasteiger partial charge >= 0.3 is 0 Å². The second kappa shape index (κ2) is 6.35. The van der Waals surface area contributed by atoms with Gasteiger partial charge in [-0.25, -0.2) is 15.0 Å². The van der Waals surface area contributed by atoms with Gasteiger partial charge in [-0.2, -0.15) is 0 Å². The summed E-state index contributed by atoms with van der Waals surface area (Å²) in [6.45, 7) is 0. The van der Waals surface area contributed by atoms with Gasteiger partial charge in [0.2, 0.25) is 5.95 Å². The largest absolute Gasteiger partial charge is 0.300 e. The molecule has 0 saturated carbocycles. The normalized spacial score (nSPS) is 9.68. The zero-order valence-corrected chi connectivity index (χ0v) is 12.3. The van der Waals surface area contributed by atoms with Crippen LogP contribution >= 0.6 is 28.3 Å². The van der Waals surface area contributed by atoms with Gasteiger partial charge in [-0.05, 0) is 18.2 Å². The molecule has 0 saturated heterocycles. The summed E-state index contributed by atoms with van der Waals surface area (Å²) < 4.78 is 0. The van der Waals surface area contributed by atoms with Gasteiger partial charge in [0.15, 0.2) is 5.13 Å². The van der Waals surface area contributed by atoms with Crippen molar-refractivity contribution >= 4 is 39.4 Å². The standard InChI is InChI=1S/C12H9N5S.BrH/c1-2-5-13-9(4-1)10-8-18-12(16-10)17-11-14-6-3-7-15-11;/h1-8H,(H,14,15,16,17);1H. The van der Waals surface area contributed by atoms with Crippen molar-refractivity contribution in [2.45, 2.75) is 0 Å². The number of nitrogens with one attached hydrogen (secondary N) is 1. The Balaban J connectivity index is 0.00000133. The van der Waals surface area contributed by atoms with Crippen LogP contribution in [0, 0.1) is 0 Å². The molecule has 19 heavy (non-hydrogen) atoms. The van der Waals surface area contributed by atoms with Gasteiger partial charge in [0.25, 0.3) is 0 Å². The van der Waals surface area contributed by atoms with Crippen LogP contribution in [0.1, 0.15) is 0 Å². The minimum atomic E-state index is 0. The van der Waals surface area contributed by atoms with Crippen molar-refractivity contribution in [3.8, 4) is 11.4 Å². The summed E-state index contributed by atoms with van der Waals surface area (Å²) >= 11 is 1.50. The van der Waals surface area contributed by atoms with E-state index in [0.29, 0.717) is 5.95 Å². The molecule has 0 bridgehead atoms. The highest BCUT2D eigenvalue weighted by atomic mass is 79.9. The van der Waals surface area contributed by atoms with E-state index in [-0.39, 0.29) is 17.0 Å². The monoisotopic (exact) mass is 335 g/mol. The van der Waals surface area contributed by atoms with Crippen LogP contribution in [0.5, 0.6) is 0 Å². The maximum Gasteiger partial charge on any atom is 0.228 e. The second-order valence-electron chi connectivity index (χ2n) is 3.45. The van der Waals surface area contributed by atoms with E-state index in [4.69, 9.17) is 0 Å². The number of rotatable bonds is 3. The summed E-state index contributed by atoms with van der Waals surface area (Å²) in [7, 11) is 0. The Morgan fingerprint density at radius 2 is 1.68 bits per heavy atom. The highest BCUT2D eigenvalue weighted by Gasteiger charge is 2.05. The van der Waals surface area contributed by atoms with Crippen molar-refractivity contribution in [2.24, 2.45) is 0 Å². The van der Waals surface area contributed by atoms with E-state index in [2.05, 4.69) is 25.3 Å². The Hall–Kier alpha value is -1.86. The molecule has 0 aliphatic carbocycles. The van der Waals surface area contributed by atoms with E-state index in [0.717, 1.165) is 16.5 Å². The van der Waals surface area contributed by atoms with Crippen molar-refractivity contribution in [1.29, 1.82) is 0 Å². The number of hydrogen-bond acceptors (Lipinski definition) is 6. The summed E-state index contributed by atoms with van der Waals surface area (Å²) in [6, 6.07) is 7.52. The molecule has 1 N–H and O–H groups in total. The van der Waals surface area contributed by atoms with E-state index in [1.165, 1.54) is 11.3 Å². The molecule has 0 fully saturated rings. The Labute approximate surface area is 124 Å². The van der Waals surface area contributed by atoms with Crippen LogP contribution in [0.3, 0.4) is 0 Å². The van der Waals surface area contributed by atoms with Crippen molar-refractivity contribution in [2.75, 3.05) is 5.32 Å². The van der Waals surface area contributed by atoms with Gasteiger partial charge in [-0.1, -0.05) is 6.07 Å². The van der Waals surface area contributed by atoms with E-state index in [9.17, 15) is 0 Å². The maximum absolute atomic E-state index is 4.44. The first kappa shape index (κ1) is 13.6. The van der Waals surface area contributed by atoms with Crippen molar-refractivity contribution in [1.82, 2.24) is 19.9 Å². The number of thiazole rings is 1. The van der Waals surface area contributed by atoms with Crippen LogP contribution in [0.25, 0.3) is 11.4 Å². The number of nitrogens with zero attached hydrogens (tertiary/aromatic N) is 4. The molecule has 0 atom stereocenters. The quantitative estimate of drug-likeness (QED) is 0.795. The van der Waals surface area contributed by atoms with Crippen LogP contribution in [0.2, 0.25) is 0 Å². The van der Waals surface area contributed by atoms with Gasteiger partial charge in [0.05, 0.1) is 5.69 Å². The highest BCUT2D eigenvalue weighted by molar-refractivity contribution is 8.93. The lowest BCUT2D eigenvalue weighted by Crippen LogP contribution is -1.95. The minimum absolute atomic E-state index is 0. The first-order valence-electron chi connectivity index (χ1n) is 5.33. The van der Waals surface area contributed by atoms with Crippen LogP contribution in [0.4, 0.5) is 11.1 Å². The lowest BCUT2D eigenvalue weighted by atomic mass is 10.3. The van der Waals surface area contributed by atoms with E-state index < -0.39 is 0 Å². The first-order valence-corrected chi connectivity index (χ1v) is 6.21. The summed E-state index contributed by atoms with van der Waals surface area (Å²) in [5, 5.41) is 5.76. The summed E-state index contributed by atoms with van der Waals surface area (Å²) in [5.41, 5.74) is 1.70. The number of halogens is 1. The molecule has 3 aromatic rings. The predicted octanol–water partition coefficient (Wildman–Crippen LogP) is 3.32. The SMILES string of the molecule is Br.c1ccc(-c2csc(Nc3ncccn3)n2)nc1. The van der Waals surface area contributed by atoms with E-state index in [1.807, 2.05) is 23.6 Å². The Kier molecular flexibility index (Phi) is 4.53. The van der Waals surface area contributed by atoms with Crippen LogP contribution in [-0.2, 0) is 0 Å². The minimum Gasteiger partial charge on any atom is -0.300 e. The molecular formula is C12H10BrN5S. The number of anilines is 2. The van der Waals surface area contributed by atoms with Gasteiger partial charge in [0, 0.05) is 24.0 Å². The number of aromatic nitrogens is 4. The lowest BCUT2D eigenvalue weighted by molar-refractivity contribution is 1.16. The molecular weight excluding hydrogens is 326 g/mol. The fourth-order valence-corrected chi connectivity index (χ4v) is 2.12. The molecule has 0 unspecified atom stereocenters. The summed E-state index contributed by atoms with van der Waals surface area (Å²) in [4.78, 5) is 16.9. The van der Waals surface area contributed by atoms with Crippen LogP contribution in [0.15, 0.2) is 48.2 Å². The molecule has 5 nitrogen and oxygen atoms in total. The van der Waals surface area contributed by atoms with Gasteiger partial charge in [-0.15, -0.1) is 28.3 Å². The molecule has 0 radical (unpaired) electrons. The van der Waals surface area contributed by atoms with E-state index in [1.54, 1.807) is 24.7 Å². The highest BCUT2D eigenvalue weighted by Crippen LogP contribution is 2.24. The third-order valence-corrected chi connectivity index (χ3v) is 2.97. The third kappa shape index (κ3) is 3.33. The van der Waals surface area contributed by atoms with Crippen molar-refractivity contribution < 1.29 is 0 Å². The van der Waals surface area contributed by atoms with Gasteiger partial charge in [0.1, 0.15) is 5.69 Å². The average molecular weight is 336 g/mol. The topological polar surface area (TPSA) is 63.6 Å². The predicted molar refractivity (Wildman–Crippen MR) is 81.0 cm³/mol. The number of pyridine rings is 1. The first-order chi connectivity index (χ1) is 8.92. The molecule has 96 valence electrons. The molecule has 7 heteroatoms. The van der Waals surface area contributed by atoms with Crippen LogP contribution in [-0.4, -0.2) is 19.9 Å². The smallest absolute Gasteiger partial charge is 0.228 e. The molecule has 0 amide bonds. The van der Waals surface area contributed by atoms with E-state index >= 15 is 0 Å². The molecule has 3 heterocycles. The molecule has 0 spiro atoms. The Morgan fingerprint density at radius 1 is 0.895 bits per heavy atom. The Morgan fingerprint density at radius 3 is 2.42 bits per heavy atom. The fourth-order valence-electron chi connectivity index (χ4n) is 1.42. The zero-order valence-electron chi connectivity index (χ0n) is 9.72. The lowest BCUT2D eigenvalue weighted by Gasteiger charge is -1.98. The molecule has 0 aromatic carbocycles. The van der Waals surface area contributed by atoms with Crippen LogP contribution < -0.4 is 5.32 Å². The molecule has 0 aliphatic rings. The molecule has 3 aromatic heterocycles. The third-order valence-electron chi connectivity index (χ3n) is 2.22. The summed E-state index contributed by atoms with van der Waals surface area (Å²) in [5.74, 6) is 0.541. The number of hydrogen-bond donors (Lipinski definition) is 1. The second-order valence-corrected chi connectivity index (χ2v) is 4.31. The van der Waals surface area contributed by atoms with Gasteiger partial charge in [-0.3, -0.25) is 4.98 Å². The van der Waals surface area contributed by atoms with Gasteiger partial charge < -0.3 is 5.32 Å². The molecule has 3 rings (SSSR count).